The Morgan fingerprint density at radius 2 is 1.91 bits per heavy atom. The maximum atomic E-state index is 12.8. The van der Waals surface area contributed by atoms with E-state index < -0.39 is 11.9 Å². The molecule has 22 heavy (non-hydrogen) atoms. The third-order valence-electron chi connectivity index (χ3n) is 3.05. The highest BCUT2D eigenvalue weighted by atomic mass is 19.1. The summed E-state index contributed by atoms with van der Waals surface area (Å²) in [7, 11) is 0. The molecule has 0 saturated carbocycles. The molecule has 1 atom stereocenters. The zero-order valence-corrected chi connectivity index (χ0v) is 12.1. The number of amides is 1. The number of carboxylic acid groups (broad SMARTS) is 1. The summed E-state index contributed by atoms with van der Waals surface area (Å²) in [6, 6.07) is 7.60. The van der Waals surface area contributed by atoms with Crippen LogP contribution in [0.25, 0.3) is 11.4 Å². The number of hydrogen-bond donors (Lipinski definition) is 3. The molecule has 1 amide bonds. The maximum absolute atomic E-state index is 12.8. The van der Waals surface area contributed by atoms with Crippen LogP contribution in [0.5, 0.6) is 0 Å². The number of halogens is 1. The summed E-state index contributed by atoms with van der Waals surface area (Å²) in [5.41, 5.74) is 1.86. The zero-order valence-electron chi connectivity index (χ0n) is 12.1. The molecule has 0 aliphatic carbocycles. The van der Waals surface area contributed by atoms with E-state index in [1.165, 1.54) is 0 Å². The molecule has 0 saturated heterocycles. The highest BCUT2D eigenvalue weighted by Crippen LogP contribution is 2.15. The molecule has 6 nitrogen and oxygen atoms in total. The van der Waals surface area contributed by atoms with Gasteiger partial charge in [0, 0.05) is 24.7 Å². The SMILES string of the molecule is CC(CNC(=O)O)NCc1ccc(-c2ncc(F)cn2)cc1. The van der Waals surface area contributed by atoms with Crippen LogP contribution in [0, 0.1) is 5.82 Å². The fraction of sp³-hybridized carbons (Fsp3) is 0.267. The minimum absolute atomic E-state index is 0.0243. The smallest absolute Gasteiger partial charge is 0.404 e. The van der Waals surface area contributed by atoms with Crippen LogP contribution in [0.4, 0.5) is 9.18 Å². The van der Waals surface area contributed by atoms with Crippen LogP contribution in [0.15, 0.2) is 36.7 Å². The van der Waals surface area contributed by atoms with E-state index >= 15 is 0 Å². The second-order valence-electron chi connectivity index (χ2n) is 4.89. The average Bonchev–Trinajstić information content (AvgIpc) is 2.52. The van der Waals surface area contributed by atoms with Crippen molar-refractivity contribution >= 4 is 6.09 Å². The third kappa shape index (κ3) is 4.78. The van der Waals surface area contributed by atoms with Crippen LogP contribution in [0.1, 0.15) is 12.5 Å². The van der Waals surface area contributed by atoms with E-state index in [4.69, 9.17) is 5.11 Å². The number of aromatic nitrogens is 2. The van der Waals surface area contributed by atoms with Gasteiger partial charge < -0.3 is 15.7 Å². The lowest BCUT2D eigenvalue weighted by molar-refractivity contribution is 0.193. The van der Waals surface area contributed by atoms with Crippen LogP contribution in [-0.2, 0) is 6.54 Å². The summed E-state index contributed by atoms with van der Waals surface area (Å²) in [5, 5.41) is 14.1. The van der Waals surface area contributed by atoms with E-state index in [1.54, 1.807) is 0 Å². The minimum Gasteiger partial charge on any atom is -0.465 e. The summed E-state index contributed by atoms with van der Waals surface area (Å²) < 4.78 is 12.8. The Kier molecular flexibility index (Phi) is 5.37. The van der Waals surface area contributed by atoms with E-state index in [0.717, 1.165) is 23.5 Å². The van der Waals surface area contributed by atoms with Crippen molar-refractivity contribution in [2.75, 3.05) is 6.54 Å². The fourth-order valence-corrected chi connectivity index (χ4v) is 1.84. The topological polar surface area (TPSA) is 87.1 Å². The minimum atomic E-state index is -1.03. The molecule has 116 valence electrons. The van der Waals surface area contributed by atoms with Crippen LogP contribution >= 0.6 is 0 Å². The quantitative estimate of drug-likeness (QED) is 0.760. The zero-order chi connectivity index (χ0) is 15.9. The van der Waals surface area contributed by atoms with Gasteiger partial charge in [0.05, 0.1) is 12.4 Å². The lowest BCUT2D eigenvalue weighted by atomic mass is 10.1. The van der Waals surface area contributed by atoms with Crippen molar-refractivity contribution in [3.8, 4) is 11.4 Å². The molecule has 1 unspecified atom stereocenters. The van der Waals surface area contributed by atoms with Crippen molar-refractivity contribution in [3.63, 3.8) is 0 Å². The number of rotatable bonds is 6. The number of hydrogen-bond acceptors (Lipinski definition) is 4. The molecule has 0 radical (unpaired) electrons. The van der Waals surface area contributed by atoms with Crippen LogP contribution in [0.3, 0.4) is 0 Å². The third-order valence-corrected chi connectivity index (χ3v) is 3.05. The van der Waals surface area contributed by atoms with E-state index in [0.29, 0.717) is 18.9 Å². The van der Waals surface area contributed by atoms with Crippen LogP contribution in [-0.4, -0.2) is 33.8 Å². The maximum Gasteiger partial charge on any atom is 0.404 e. The molecular formula is C15H17FN4O2. The second kappa shape index (κ2) is 7.46. The van der Waals surface area contributed by atoms with Gasteiger partial charge in [-0.1, -0.05) is 24.3 Å². The van der Waals surface area contributed by atoms with Crippen LogP contribution in [0.2, 0.25) is 0 Å². The van der Waals surface area contributed by atoms with Crippen molar-refractivity contribution in [2.24, 2.45) is 0 Å². The summed E-state index contributed by atoms with van der Waals surface area (Å²) >= 11 is 0. The lowest BCUT2D eigenvalue weighted by Crippen LogP contribution is -2.37. The van der Waals surface area contributed by atoms with Gasteiger partial charge in [-0.2, -0.15) is 0 Å². The van der Waals surface area contributed by atoms with E-state index in [-0.39, 0.29) is 6.04 Å². The van der Waals surface area contributed by atoms with Crippen molar-refractivity contribution < 1.29 is 14.3 Å². The number of nitrogens with zero attached hydrogens (tertiary/aromatic N) is 2. The molecule has 1 aromatic carbocycles. The summed E-state index contributed by atoms with van der Waals surface area (Å²) in [6.45, 7) is 2.86. The molecule has 7 heteroatoms. The standard InChI is InChI=1S/C15H17FN4O2/c1-10(6-20-15(21)22)17-7-11-2-4-12(5-3-11)14-18-8-13(16)9-19-14/h2-5,8-10,17,20H,6-7H2,1H3,(H,21,22). The van der Waals surface area contributed by atoms with Gasteiger partial charge in [0.2, 0.25) is 0 Å². The molecule has 1 heterocycles. The summed E-state index contributed by atoms with van der Waals surface area (Å²) in [6.07, 6.45) is 1.24. The number of benzene rings is 1. The monoisotopic (exact) mass is 304 g/mol. The molecule has 1 aromatic heterocycles. The molecular weight excluding hydrogens is 287 g/mol. The predicted molar refractivity (Wildman–Crippen MR) is 79.8 cm³/mol. The Balaban J connectivity index is 1.89. The molecule has 0 aliphatic heterocycles. The van der Waals surface area contributed by atoms with E-state index in [2.05, 4.69) is 20.6 Å². The molecule has 0 bridgehead atoms. The van der Waals surface area contributed by atoms with E-state index in [9.17, 15) is 9.18 Å². The first-order valence-electron chi connectivity index (χ1n) is 6.81. The summed E-state index contributed by atoms with van der Waals surface area (Å²) in [5.74, 6) is 0.00784. The van der Waals surface area contributed by atoms with Crippen molar-refractivity contribution in [2.45, 2.75) is 19.5 Å². The molecule has 0 aliphatic rings. The first kappa shape index (κ1) is 15.8. The van der Waals surface area contributed by atoms with Crippen molar-refractivity contribution in [1.82, 2.24) is 20.6 Å². The van der Waals surface area contributed by atoms with Crippen molar-refractivity contribution in [1.29, 1.82) is 0 Å². The Morgan fingerprint density at radius 3 is 2.50 bits per heavy atom. The van der Waals surface area contributed by atoms with Gasteiger partial charge in [-0.25, -0.2) is 19.2 Å². The Bertz CT molecular complexity index is 616. The normalized spacial score (nSPS) is 11.9. The fourth-order valence-electron chi connectivity index (χ4n) is 1.84. The summed E-state index contributed by atoms with van der Waals surface area (Å²) in [4.78, 5) is 18.3. The first-order chi connectivity index (χ1) is 10.5. The molecule has 2 rings (SSSR count). The predicted octanol–water partition coefficient (Wildman–Crippen LogP) is 2.03. The Hall–Kier alpha value is -2.54. The van der Waals surface area contributed by atoms with Gasteiger partial charge in [-0.3, -0.25) is 0 Å². The van der Waals surface area contributed by atoms with Gasteiger partial charge in [0.25, 0.3) is 0 Å². The molecule has 0 spiro atoms. The van der Waals surface area contributed by atoms with Gasteiger partial charge in [-0.15, -0.1) is 0 Å². The lowest BCUT2D eigenvalue weighted by Gasteiger charge is -2.13. The van der Waals surface area contributed by atoms with Gasteiger partial charge in [0.15, 0.2) is 11.6 Å². The highest BCUT2D eigenvalue weighted by Gasteiger charge is 2.05. The van der Waals surface area contributed by atoms with Gasteiger partial charge in [-0.05, 0) is 12.5 Å². The largest absolute Gasteiger partial charge is 0.465 e. The number of nitrogens with one attached hydrogen (secondary N) is 2. The average molecular weight is 304 g/mol. The molecule has 3 N–H and O–H groups in total. The van der Waals surface area contributed by atoms with E-state index in [1.807, 2.05) is 31.2 Å². The Labute approximate surface area is 127 Å². The molecule has 2 aromatic rings. The van der Waals surface area contributed by atoms with Gasteiger partial charge in [0.1, 0.15) is 0 Å². The highest BCUT2D eigenvalue weighted by molar-refractivity contribution is 5.64. The molecule has 0 fully saturated rings. The van der Waals surface area contributed by atoms with Crippen molar-refractivity contribution in [3.05, 3.63) is 48.0 Å². The Morgan fingerprint density at radius 1 is 1.27 bits per heavy atom. The second-order valence-corrected chi connectivity index (χ2v) is 4.89. The van der Waals surface area contributed by atoms with Gasteiger partial charge >= 0.3 is 6.09 Å². The first-order valence-corrected chi connectivity index (χ1v) is 6.81. The van der Waals surface area contributed by atoms with Crippen LogP contribution < -0.4 is 10.6 Å². The number of carbonyl (C=O) groups is 1.